The summed E-state index contributed by atoms with van der Waals surface area (Å²) in [6, 6.07) is 0.686. The van der Waals surface area contributed by atoms with Gasteiger partial charge in [0.25, 0.3) is 0 Å². The minimum atomic E-state index is -1.15. The average Bonchev–Trinajstić information content (AvgIpc) is 2.80. The van der Waals surface area contributed by atoms with Gasteiger partial charge in [-0.15, -0.1) is 0 Å². The van der Waals surface area contributed by atoms with Crippen molar-refractivity contribution in [3.8, 4) is 0 Å². The summed E-state index contributed by atoms with van der Waals surface area (Å²) < 4.78 is 33.4. The number of rotatable bonds is 2. The Labute approximate surface area is 142 Å². The van der Waals surface area contributed by atoms with E-state index in [1.54, 1.807) is 11.8 Å². The number of nitrogens with two attached hydrogens (primary N) is 1. The lowest BCUT2D eigenvalue weighted by Crippen LogP contribution is -2.48. The van der Waals surface area contributed by atoms with Crippen molar-refractivity contribution in [1.29, 1.82) is 0 Å². The maximum absolute atomic E-state index is 14.8. The summed E-state index contributed by atoms with van der Waals surface area (Å²) in [5.41, 5.74) is 7.03. The fourth-order valence-corrected chi connectivity index (χ4v) is 3.48. The highest BCUT2D eigenvalue weighted by atomic mass is 35.5. The van der Waals surface area contributed by atoms with Gasteiger partial charge in [-0.1, -0.05) is 11.6 Å². The molecule has 3 rings (SSSR count). The predicted octanol–water partition coefficient (Wildman–Crippen LogP) is 2.93. The summed E-state index contributed by atoms with van der Waals surface area (Å²) in [4.78, 5) is 16.5. The summed E-state index contributed by atoms with van der Waals surface area (Å²) in [7, 11) is 1.22. The van der Waals surface area contributed by atoms with Crippen molar-refractivity contribution in [3.63, 3.8) is 0 Å². The van der Waals surface area contributed by atoms with Crippen LogP contribution >= 0.6 is 11.6 Å². The third-order valence-corrected chi connectivity index (χ3v) is 4.74. The molecule has 1 aromatic carbocycles. The number of halogens is 3. The van der Waals surface area contributed by atoms with E-state index < -0.39 is 24.0 Å². The fourth-order valence-electron chi connectivity index (χ4n) is 3.25. The largest absolute Gasteiger partial charge is 0.465 e. The normalized spacial score (nSPS) is 21.3. The van der Waals surface area contributed by atoms with E-state index in [-0.39, 0.29) is 24.2 Å². The molecule has 1 aliphatic heterocycles. The van der Waals surface area contributed by atoms with Gasteiger partial charge < -0.3 is 20.4 Å². The zero-order chi connectivity index (χ0) is 17.6. The van der Waals surface area contributed by atoms with Gasteiger partial charge in [-0.25, -0.2) is 13.6 Å². The molecule has 0 saturated carbocycles. The van der Waals surface area contributed by atoms with Crippen LogP contribution < -0.4 is 10.6 Å². The molecular formula is C16H18ClF2N3O2. The molecule has 1 aromatic heterocycles. The number of benzene rings is 1. The maximum Gasteiger partial charge on any atom is 0.340 e. The van der Waals surface area contributed by atoms with Crippen LogP contribution in [0, 0.1) is 12.7 Å². The number of nitrogens with zero attached hydrogens (tertiary/aromatic N) is 1. The van der Waals surface area contributed by atoms with Gasteiger partial charge in [-0.3, -0.25) is 0 Å². The number of aryl methyl sites for hydroxylation is 1. The molecule has 130 valence electrons. The molecule has 2 aromatic rings. The van der Waals surface area contributed by atoms with E-state index in [1.807, 2.05) is 0 Å². The van der Waals surface area contributed by atoms with Crippen LogP contribution in [-0.2, 0) is 4.74 Å². The van der Waals surface area contributed by atoms with Crippen LogP contribution in [0.5, 0.6) is 0 Å². The van der Waals surface area contributed by atoms with Gasteiger partial charge in [-0.05, 0) is 19.4 Å². The highest BCUT2D eigenvalue weighted by Gasteiger charge is 2.31. The Kier molecular flexibility index (Phi) is 4.40. The summed E-state index contributed by atoms with van der Waals surface area (Å²) >= 11 is 6.33. The number of carbonyl (C=O) groups excluding carboxylic acids is 1. The van der Waals surface area contributed by atoms with E-state index >= 15 is 0 Å². The van der Waals surface area contributed by atoms with E-state index in [0.29, 0.717) is 28.2 Å². The SMILES string of the molecule is COC(=O)c1cc(F)c(N2C[C@@H](N)C[C@@H](F)C2)c2c(Cl)c(C)[nH]c12. The zero-order valence-electron chi connectivity index (χ0n) is 13.3. The van der Waals surface area contributed by atoms with E-state index in [4.69, 9.17) is 22.1 Å². The number of hydrogen-bond acceptors (Lipinski definition) is 4. The third kappa shape index (κ3) is 2.71. The topological polar surface area (TPSA) is 71.3 Å². The van der Waals surface area contributed by atoms with E-state index in [1.165, 1.54) is 7.11 Å². The van der Waals surface area contributed by atoms with Crippen molar-refractivity contribution in [1.82, 2.24) is 4.98 Å². The molecule has 0 amide bonds. The Balaban J connectivity index is 2.25. The van der Waals surface area contributed by atoms with Crippen LogP contribution in [0.15, 0.2) is 6.07 Å². The van der Waals surface area contributed by atoms with Crippen molar-refractivity contribution >= 4 is 34.2 Å². The Morgan fingerprint density at radius 3 is 2.83 bits per heavy atom. The molecule has 1 aliphatic rings. The number of anilines is 1. The van der Waals surface area contributed by atoms with Gasteiger partial charge in [0.1, 0.15) is 12.0 Å². The van der Waals surface area contributed by atoms with Crippen molar-refractivity contribution in [2.75, 3.05) is 25.1 Å². The first-order chi connectivity index (χ1) is 11.3. The predicted molar refractivity (Wildman–Crippen MR) is 89.0 cm³/mol. The Hall–Kier alpha value is -1.86. The summed E-state index contributed by atoms with van der Waals surface area (Å²) in [6.07, 6.45) is -0.913. The van der Waals surface area contributed by atoms with Crippen LogP contribution in [0.2, 0.25) is 5.02 Å². The van der Waals surface area contributed by atoms with E-state index in [2.05, 4.69) is 4.98 Å². The minimum Gasteiger partial charge on any atom is -0.465 e. The lowest BCUT2D eigenvalue weighted by molar-refractivity contribution is 0.0602. The van der Waals surface area contributed by atoms with Crippen LogP contribution in [0.25, 0.3) is 10.9 Å². The molecular weight excluding hydrogens is 340 g/mol. The van der Waals surface area contributed by atoms with E-state index in [9.17, 15) is 13.6 Å². The average molecular weight is 358 g/mol. The molecule has 1 saturated heterocycles. The molecule has 2 heterocycles. The monoisotopic (exact) mass is 357 g/mol. The van der Waals surface area contributed by atoms with Crippen molar-refractivity contribution in [3.05, 3.63) is 28.2 Å². The highest BCUT2D eigenvalue weighted by Crippen LogP contribution is 2.40. The first kappa shape index (κ1) is 17.0. The molecule has 8 heteroatoms. The smallest absolute Gasteiger partial charge is 0.340 e. The first-order valence-corrected chi connectivity index (χ1v) is 7.94. The quantitative estimate of drug-likeness (QED) is 0.811. The van der Waals surface area contributed by atoms with Gasteiger partial charge in [0.15, 0.2) is 0 Å². The minimum absolute atomic E-state index is 0.0256. The van der Waals surface area contributed by atoms with E-state index in [0.717, 1.165) is 6.07 Å². The number of ether oxygens (including phenoxy) is 1. The van der Waals surface area contributed by atoms with Crippen LogP contribution in [0.3, 0.4) is 0 Å². The molecule has 1 fully saturated rings. The molecule has 24 heavy (non-hydrogen) atoms. The Morgan fingerprint density at radius 1 is 1.50 bits per heavy atom. The number of carbonyl (C=O) groups is 1. The standard InChI is InChI=1S/C16H18ClF2N3O2/c1-7-13(17)12-14(21-7)10(16(23)24-2)4-11(19)15(12)22-5-8(18)3-9(20)6-22/h4,8-9,21H,3,5-6,20H2,1-2H3/t8-,9+/m1/s1. The zero-order valence-corrected chi connectivity index (χ0v) is 14.1. The van der Waals surface area contributed by atoms with Crippen molar-refractivity contribution in [2.45, 2.75) is 25.6 Å². The Bertz CT molecular complexity index is 798. The second kappa shape index (κ2) is 6.22. The molecule has 0 radical (unpaired) electrons. The highest BCUT2D eigenvalue weighted by molar-refractivity contribution is 6.38. The van der Waals surface area contributed by atoms with Crippen LogP contribution in [0.1, 0.15) is 22.5 Å². The number of methoxy groups -OCH3 is 1. The molecule has 0 unspecified atom stereocenters. The summed E-state index contributed by atoms with van der Waals surface area (Å²) in [5.74, 6) is -1.34. The second-order valence-electron chi connectivity index (χ2n) is 6.06. The number of aromatic amines is 1. The summed E-state index contributed by atoms with van der Waals surface area (Å²) in [5, 5.41) is 0.634. The van der Waals surface area contributed by atoms with Gasteiger partial charge >= 0.3 is 5.97 Å². The molecule has 0 aliphatic carbocycles. The van der Waals surface area contributed by atoms with Crippen LogP contribution in [-0.4, -0.2) is 43.4 Å². The lowest BCUT2D eigenvalue weighted by atomic mass is 10.0. The number of H-pyrrole nitrogens is 1. The molecule has 3 N–H and O–H groups in total. The number of nitrogens with one attached hydrogen (secondary N) is 1. The maximum atomic E-state index is 14.8. The number of fused-ring (bicyclic) bond motifs is 1. The van der Waals surface area contributed by atoms with Crippen molar-refractivity contribution < 1.29 is 18.3 Å². The Morgan fingerprint density at radius 2 is 2.21 bits per heavy atom. The summed E-state index contributed by atoms with van der Waals surface area (Å²) in [6.45, 7) is 2.05. The number of piperidine rings is 1. The van der Waals surface area contributed by atoms with Gasteiger partial charge in [-0.2, -0.15) is 0 Å². The number of aromatic nitrogens is 1. The van der Waals surface area contributed by atoms with Crippen LogP contribution in [0.4, 0.5) is 14.5 Å². The first-order valence-electron chi connectivity index (χ1n) is 7.56. The second-order valence-corrected chi connectivity index (χ2v) is 6.44. The third-order valence-electron chi connectivity index (χ3n) is 4.27. The molecule has 2 atom stereocenters. The number of hydrogen-bond donors (Lipinski definition) is 2. The van der Waals surface area contributed by atoms with Gasteiger partial charge in [0.05, 0.1) is 28.9 Å². The van der Waals surface area contributed by atoms with Crippen molar-refractivity contribution in [2.24, 2.45) is 5.73 Å². The molecule has 0 spiro atoms. The fraction of sp³-hybridized carbons (Fsp3) is 0.438. The molecule has 0 bridgehead atoms. The van der Waals surface area contributed by atoms with Gasteiger partial charge in [0.2, 0.25) is 0 Å². The number of esters is 1. The number of alkyl halides is 1. The van der Waals surface area contributed by atoms with Gasteiger partial charge in [0, 0.05) is 30.2 Å². The molecule has 5 nitrogen and oxygen atoms in total. The lowest BCUT2D eigenvalue weighted by Gasteiger charge is -2.35.